The Hall–Kier alpha value is -1.98. The largest absolute Gasteiger partial charge is 0.442 e. The van der Waals surface area contributed by atoms with Crippen molar-refractivity contribution >= 4 is 23.7 Å². The highest BCUT2D eigenvalue weighted by molar-refractivity contribution is 6.07. The van der Waals surface area contributed by atoms with Gasteiger partial charge in [0.1, 0.15) is 0 Å². The van der Waals surface area contributed by atoms with Gasteiger partial charge in [-0.25, -0.2) is 9.59 Å². The lowest BCUT2D eigenvalue weighted by Crippen LogP contribution is -2.35. The number of hydrogen-bond acceptors (Lipinski definition) is 6. The van der Waals surface area contributed by atoms with Crippen molar-refractivity contribution in [3.63, 3.8) is 0 Å². The fraction of sp³-hybridized carbons (Fsp3) is 0.400. The molecule has 0 aromatic heterocycles. The van der Waals surface area contributed by atoms with Crippen LogP contribution in [0.25, 0.3) is 0 Å². The van der Waals surface area contributed by atoms with Crippen molar-refractivity contribution < 1.29 is 28.7 Å². The second kappa shape index (κ2) is 5.79. The number of Topliss-reactive ketones (excluding diaryl/α,β-unsaturated/α-hetero) is 1. The highest BCUT2D eigenvalue weighted by Crippen LogP contribution is 2.01. The molecule has 0 heterocycles. The SMILES string of the molecule is C=C(C)C(=O)OC(=O)C(OC(C)=O)C(C)=O. The molecule has 0 N–H and O–H groups in total. The Morgan fingerprint density at radius 1 is 1.06 bits per heavy atom. The number of carbonyl (C=O) groups is 4. The summed E-state index contributed by atoms with van der Waals surface area (Å²) in [5.41, 5.74) is -0.00141. The third kappa shape index (κ3) is 4.50. The molecule has 0 rings (SSSR count). The van der Waals surface area contributed by atoms with Gasteiger partial charge in [0, 0.05) is 12.5 Å². The van der Waals surface area contributed by atoms with Crippen LogP contribution in [0.2, 0.25) is 0 Å². The number of ketones is 1. The molecular weight excluding hydrogens is 216 g/mol. The van der Waals surface area contributed by atoms with Crippen LogP contribution in [-0.4, -0.2) is 29.8 Å². The van der Waals surface area contributed by atoms with E-state index < -0.39 is 29.8 Å². The number of esters is 3. The van der Waals surface area contributed by atoms with Gasteiger partial charge in [0.2, 0.25) is 0 Å². The van der Waals surface area contributed by atoms with E-state index in [1.807, 2.05) is 0 Å². The topological polar surface area (TPSA) is 86.7 Å². The van der Waals surface area contributed by atoms with Crippen molar-refractivity contribution in [3.8, 4) is 0 Å². The van der Waals surface area contributed by atoms with E-state index in [1.54, 1.807) is 0 Å². The lowest BCUT2D eigenvalue weighted by molar-refractivity contribution is -0.173. The maximum atomic E-state index is 11.3. The van der Waals surface area contributed by atoms with Crippen LogP contribution in [0, 0.1) is 0 Å². The van der Waals surface area contributed by atoms with Gasteiger partial charge in [0.05, 0.1) is 0 Å². The van der Waals surface area contributed by atoms with Crippen molar-refractivity contribution in [2.24, 2.45) is 0 Å². The first-order valence-corrected chi connectivity index (χ1v) is 4.35. The molecule has 0 saturated carbocycles. The normalized spacial score (nSPS) is 11.2. The van der Waals surface area contributed by atoms with E-state index in [0.29, 0.717) is 0 Å². The number of hydrogen-bond donors (Lipinski definition) is 0. The Bertz CT molecular complexity index is 354. The minimum Gasteiger partial charge on any atom is -0.442 e. The second-order valence-corrected chi connectivity index (χ2v) is 3.09. The van der Waals surface area contributed by atoms with Crippen LogP contribution in [0.4, 0.5) is 0 Å². The molecule has 88 valence electrons. The minimum absolute atomic E-state index is 0.00141. The van der Waals surface area contributed by atoms with Gasteiger partial charge in [0.15, 0.2) is 5.78 Å². The second-order valence-electron chi connectivity index (χ2n) is 3.09. The predicted octanol–water partition coefficient (Wildman–Crippen LogP) is 0.153. The van der Waals surface area contributed by atoms with Crippen LogP contribution in [0.5, 0.6) is 0 Å². The minimum atomic E-state index is -1.71. The van der Waals surface area contributed by atoms with Gasteiger partial charge in [0.25, 0.3) is 6.10 Å². The maximum Gasteiger partial charge on any atom is 0.363 e. The van der Waals surface area contributed by atoms with Gasteiger partial charge in [-0.2, -0.15) is 0 Å². The molecule has 16 heavy (non-hydrogen) atoms. The summed E-state index contributed by atoms with van der Waals surface area (Å²) in [5, 5.41) is 0. The molecule has 6 heteroatoms. The molecule has 6 nitrogen and oxygen atoms in total. The summed E-state index contributed by atoms with van der Waals surface area (Å²) in [4.78, 5) is 43.8. The summed E-state index contributed by atoms with van der Waals surface area (Å²) >= 11 is 0. The third-order valence-corrected chi connectivity index (χ3v) is 1.41. The Labute approximate surface area is 92.2 Å². The van der Waals surface area contributed by atoms with E-state index in [9.17, 15) is 19.2 Å². The molecule has 0 aromatic rings. The van der Waals surface area contributed by atoms with Crippen LogP contribution >= 0.6 is 0 Å². The monoisotopic (exact) mass is 228 g/mol. The number of carbonyl (C=O) groups excluding carboxylic acids is 4. The summed E-state index contributed by atoms with van der Waals surface area (Å²) in [6.07, 6.45) is -1.71. The zero-order valence-corrected chi connectivity index (χ0v) is 9.23. The summed E-state index contributed by atoms with van der Waals surface area (Å²) in [6, 6.07) is 0. The van der Waals surface area contributed by atoms with Crippen molar-refractivity contribution in [3.05, 3.63) is 12.2 Å². The number of ether oxygens (including phenoxy) is 2. The van der Waals surface area contributed by atoms with Gasteiger partial charge in [-0.15, -0.1) is 0 Å². The highest BCUT2D eigenvalue weighted by atomic mass is 16.6. The zero-order chi connectivity index (χ0) is 12.9. The molecule has 0 fully saturated rings. The van der Waals surface area contributed by atoms with E-state index in [4.69, 9.17) is 0 Å². The molecule has 0 amide bonds. The Morgan fingerprint density at radius 3 is 1.88 bits per heavy atom. The number of rotatable bonds is 4. The Balaban J connectivity index is 4.63. The molecule has 1 unspecified atom stereocenters. The molecule has 0 aliphatic rings. The predicted molar refractivity (Wildman–Crippen MR) is 52.1 cm³/mol. The molecule has 1 atom stereocenters. The molecule has 0 saturated heterocycles. The molecule has 0 aliphatic carbocycles. The summed E-state index contributed by atoms with van der Waals surface area (Å²) in [6.45, 7) is 6.66. The average molecular weight is 228 g/mol. The van der Waals surface area contributed by atoms with Gasteiger partial charge < -0.3 is 9.47 Å². The average Bonchev–Trinajstić information content (AvgIpc) is 2.12. The lowest BCUT2D eigenvalue weighted by atomic mass is 10.2. The first-order chi connectivity index (χ1) is 7.25. The van der Waals surface area contributed by atoms with Crippen molar-refractivity contribution in [2.75, 3.05) is 0 Å². The molecule has 0 spiro atoms. The lowest BCUT2D eigenvalue weighted by Gasteiger charge is -2.11. The molecule has 0 radical (unpaired) electrons. The van der Waals surface area contributed by atoms with Gasteiger partial charge in [-0.3, -0.25) is 9.59 Å². The summed E-state index contributed by atoms with van der Waals surface area (Å²) in [7, 11) is 0. The molecule has 0 bridgehead atoms. The van der Waals surface area contributed by atoms with Gasteiger partial charge in [-0.1, -0.05) is 6.58 Å². The molecule has 0 aliphatic heterocycles. The molecular formula is C10H12O6. The smallest absolute Gasteiger partial charge is 0.363 e. The van der Waals surface area contributed by atoms with Crippen molar-refractivity contribution in [1.29, 1.82) is 0 Å². The van der Waals surface area contributed by atoms with E-state index in [2.05, 4.69) is 16.1 Å². The maximum absolute atomic E-state index is 11.3. The fourth-order valence-corrected chi connectivity index (χ4v) is 0.695. The fourth-order valence-electron chi connectivity index (χ4n) is 0.695. The van der Waals surface area contributed by atoms with Crippen LogP contribution in [0.1, 0.15) is 20.8 Å². The first kappa shape index (κ1) is 14.0. The summed E-state index contributed by atoms with van der Waals surface area (Å²) < 4.78 is 8.67. The Kier molecular flexibility index (Phi) is 5.08. The van der Waals surface area contributed by atoms with Gasteiger partial charge >= 0.3 is 17.9 Å². The van der Waals surface area contributed by atoms with Crippen LogP contribution < -0.4 is 0 Å². The van der Waals surface area contributed by atoms with Crippen LogP contribution in [0.15, 0.2) is 12.2 Å². The standard InChI is InChI=1S/C10H12O6/c1-5(2)9(13)16-10(14)8(6(3)11)15-7(4)12/h8H,1H2,2-4H3. The van der Waals surface area contributed by atoms with E-state index in [-0.39, 0.29) is 5.57 Å². The molecule has 0 aromatic carbocycles. The first-order valence-electron chi connectivity index (χ1n) is 4.35. The highest BCUT2D eigenvalue weighted by Gasteiger charge is 2.30. The van der Waals surface area contributed by atoms with Crippen molar-refractivity contribution in [1.82, 2.24) is 0 Å². The van der Waals surface area contributed by atoms with Crippen LogP contribution in [-0.2, 0) is 28.7 Å². The van der Waals surface area contributed by atoms with E-state index in [1.165, 1.54) is 6.92 Å². The quantitative estimate of drug-likeness (QED) is 0.387. The summed E-state index contributed by atoms with van der Waals surface area (Å²) in [5.74, 6) is -3.74. The van der Waals surface area contributed by atoms with Gasteiger partial charge in [-0.05, 0) is 13.8 Å². The van der Waals surface area contributed by atoms with Crippen molar-refractivity contribution in [2.45, 2.75) is 26.9 Å². The van der Waals surface area contributed by atoms with E-state index >= 15 is 0 Å². The Morgan fingerprint density at radius 2 is 1.56 bits per heavy atom. The zero-order valence-electron chi connectivity index (χ0n) is 9.23. The van der Waals surface area contributed by atoms with Crippen LogP contribution in [0.3, 0.4) is 0 Å². The van der Waals surface area contributed by atoms with E-state index in [0.717, 1.165) is 13.8 Å². The third-order valence-electron chi connectivity index (χ3n) is 1.41.